The van der Waals surface area contributed by atoms with Crippen LogP contribution in [0, 0.1) is 0 Å². The van der Waals surface area contributed by atoms with Crippen molar-refractivity contribution in [1.82, 2.24) is 0 Å². The number of allylic oxidation sites excluding steroid dienone is 2. The molecule has 0 aliphatic rings. The molecule has 0 aromatic heterocycles. The van der Waals surface area contributed by atoms with Crippen LogP contribution in [0.1, 0.15) is 51.2 Å². The molecule has 1 N–H and O–H groups in total. The maximum absolute atomic E-state index is 8.90. The maximum Gasteiger partial charge on any atom is 0.261 e. The molecule has 3 heteroatoms. The zero-order valence-electron chi connectivity index (χ0n) is 21.5. The van der Waals surface area contributed by atoms with E-state index >= 15 is 0 Å². The number of aliphatic hydroxyl groups excluding tert-OH is 1. The molecule has 0 aliphatic heterocycles. The number of unbranched alkanes of at least 4 members (excludes halogenated alkanes) is 2. The lowest BCUT2D eigenvalue weighted by molar-refractivity contribution is 0.287. The van der Waals surface area contributed by atoms with E-state index in [1.54, 1.807) is 6.08 Å². The van der Waals surface area contributed by atoms with E-state index in [0.29, 0.717) is 0 Å². The van der Waals surface area contributed by atoms with Crippen LogP contribution < -0.4 is 10.4 Å². The van der Waals surface area contributed by atoms with E-state index in [2.05, 4.69) is 112 Å². The number of hydrogen-bond donors (Lipinski definition) is 1. The zero-order valence-corrected chi connectivity index (χ0v) is 22.5. The summed E-state index contributed by atoms with van der Waals surface area (Å²) in [5.41, 5.74) is 2.62. The van der Waals surface area contributed by atoms with Crippen LogP contribution in [0.15, 0.2) is 103 Å². The van der Waals surface area contributed by atoms with Gasteiger partial charge in [0.1, 0.15) is 0 Å². The Labute approximate surface area is 213 Å². The first kappa shape index (κ1) is 26.9. The minimum atomic E-state index is -2.44. The van der Waals surface area contributed by atoms with Crippen molar-refractivity contribution in [3.05, 3.63) is 114 Å². The van der Waals surface area contributed by atoms with Crippen molar-refractivity contribution in [2.75, 3.05) is 13.2 Å². The lowest BCUT2D eigenvalue weighted by Gasteiger charge is -2.43. The monoisotopic (exact) mass is 484 g/mol. The molecule has 3 aromatic carbocycles. The average molecular weight is 485 g/mol. The van der Waals surface area contributed by atoms with Crippen molar-refractivity contribution in [3.63, 3.8) is 0 Å². The fourth-order valence-corrected chi connectivity index (χ4v) is 9.41. The molecule has 0 unspecified atom stereocenters. The molecule has 184 valence electrons. The van der Waals surface area contributed by atoms with Crippen LogP contribution in [0.2, 0.25) is 5.04 Å². The molecule has 35 heavy (non-hydrogen) atoms. The summed E-state index contributed by atoms with van der Waals surface area (Å²) in [6, 6.07) is 30.3. The van der Waals surface area contributed by atoms with Gasteiger partial charge in [-0.2, -0.15) is 0 Å². The molecule has 0 amide bonds. The molecular formula is C32H40O2Si. The molecule has 3 aromatic rings. The Morgan fingerprint density at radius 1 is 0.743 bits per heavy atom. The fraction of sp³-hybridized carbons (Fsp3) is 0.312. The molecule has 0 atom stereocenters. The highest BCUT2D eigenvalue weighted by molar-refractivity contribution is 6.99. The van der Waals surface area contributed by atoms with Crippen molar-refractivity contribution in [2.24, 2.45) is 0 Å². The van der Waals surface area contributed by atoms with Crippen LogP contribution in [0.25, 0.3) is 6.08 Å². The predicted molar refractivity (Wildman–Crippen MR) is 153 cm³/mol. The largest absolute Gasteiger partial charge is 0.407 e. The first-order valence-corrected chi connectivity index (χ1v) is 14.7. The smallest absolute Gasteiger partial charge is 0.261 e. The van der Waals surface area contributed by atoms with Crippen molar-refractivity contribution < 1.29 is 9.53 Å². The van der Waals surface area contributed by atoms with E-state index in [0.717, 1.165) is 32.3 Å². The summed E-state index contributed by atoms with van der Waals surface area (Å²) in [7, 11) is -2.44. The predicted octanol–water partition coefficient (Wildman–Crippen LogP) is 6.54. The molecule has 0 radical (unpaired) electrons. The van der Waals surface area contributed by atoms with Gasteiger partial charge in [0, 0.05) is 6.61 Å². The highest BCUT2D eigenvalue weighted by Gasteiger charge is 2.49. The van der Waals surface area contributed by atoms with Gasteiger partial charge in [-0.25, -0.2) is 0 Å². The topological polar surface area (TPSA) is 29.5 Å². The second-order valence-electron chi connectivity index (χ2n) is 9.99. The summed E-state index contributed by atoms with van der Waals surface area (Å²) in [4.78, 5) is 0. The lowest BCUT2D eigenvalue weighted by atomic mass is 10.0. The van der Waals surface area contributed by atoms with Crippen molar-refractivity contribution >= 4 is 24.8 Å². The number of benzene rings is 3. The van der Waals surface area contributed by atoms with Crippen LogP contribution in [0.4, 0.5) is 0 Å². The number of aliphatic hydroxyl groups is 1. The van der Waals surface area contributed by atoms with Gasteiger partial charge in [-0.05, 0) is 45.8 Å². The third kappa shape index (κ3) is 7.14. The summed E-state index contributed by atoms with van der Waals surface area (Å²) >= 11 is 0. The number of rotatable bonds is 12. The summed E-state index contributed by atoms with van der Waals surface area (Å²) in [5.74, 6) is 0. The van der Waals surface area contributed by atoms with Crippen LogP contribution >= 0.6 is 0 Å². The Morgan fingerprint density at radius 3 is 1.94 bits per heavy atom. The van der Waals surface area contributed by atoms with Gasteiger partial charge in [-0.1, -0.05) is 136 Å². The fourth-order valence-electron chi connectivity index (χ4n) is 4.80. The summed E-state index contributed by atoms with van der Waals surface area (Å²) < 4.78 is 7.02. The highest BCUT2D eigenvalue weighted by atomic mass is 28.4. The third-order valence-corrected chi connectivity index (χ3v) is 11.6. The second kappa shape index (κ2) is 13.4. The van der Waals surface area contributed by atoms with Crippen LogP contribution in [0.3, 0.4) is 0 Å². The molecular weight excluding hydrogens is 444 g/mol. The van der Waals surface area contributed by atoms with Gasteiger partial charge in [0.25, 0.3) is 8.32 Å². The third-order valence-electron chi connectivity index (χ3n) is 6.51. The summed E-state index contributed by atoms with van der Waals surface area (Å²) in [6.07, 6.45) is 12.1. The molecule has 0 heterocycles. The minimum Gasteiger partial charge on any atom is -0.407 e. The first-order chi connectivity index (χ1) is 17.0. The molecule has 0 bridgehead atoms. The molecule has 0 aliphatic carbocycles. The van der Waals surface area contributed by atoms with Crippen molar-refractivity contribution in [3.8, 4) is 0 Å². The number of aryl methyl sites for hydroxylation is 1. The van der Waals surface area contributed by atoms with E-state index in [-0.39, 0.29) is 11.6 Å². The van der Waals surface area contributed by atoms with Gasteiger partial charge in [0.05, 0.1) is 6.61 Å². The normalized spacial score (nSPS) is 12.6. The molecule has 0 saturated carbocycles. The number of hydrogen-bond acceptors (Lipinski definition) is 2. The van der Waals surface area contributed by atoms with Gasteiger partial charge >= 0.3 is 0 Å². The standard InChI is InChI=1S/C32H40O2Si/c1-32(2,3)35(30-22-10-4-11-23-30,31-24-12-5-13-25-31)34-27-17-7-9-19-29-21-15-14-20-28(29)18-8-6-16-26-33/h4-6,8,10-16,18,20-25,33H,7,9,17,19,26-27H2,1-3H3/b16-6+,18-8+. The maximum atomic E-state index is 8.90. The van der Waals surface area contributed by atoms with Crippen LogP contribution in [0.5, 0.6) is 0 Å². The average Bonchev–Trinajstić information content (AvgIpc) is 2.87. The van der Waals surface area contributed by atoms with Gasteiger partial charge in [0.2, 0.25) is 0 Å². The van der Waals surface area contributed by atoms with Gasteiger partial charge in [-0.15, -0.1) is 0 Å². The SMILES string of the molecule is CC(C)(C)[Si](OCCCCCc1ccccc1/C=C/C=C/CO)(c1ccccc1)c1ccccc1. The van der Waals surface area contributed by atoms with Gasteiger partial charge in [0.15, 0.2) is 0 Å². The Morgan fingerprint density at radius 2 is 1.34 bits per heavy atom. The second-order valence-corrected chi connectivity index (χ2v) is 14.3. The van der Waals surface area contributed by atoms with Crippen LogP contribution in [-0.2, 0) is 10.8 Å². The molecule has 2 nitrogen and oxygen atoms in total. The molecule has 3 rings (SSSR count). The Kier molecular flexibility index (Phi) is 10.3. The van der Waals surface area contributed by atoms with Gasteiger partial charge < -0.3 is 9.53 Å². The van der Waals surface area contributed by atoms with Crippen molar-refractivity contribution in [2.45, 2.75) is 51.5 Å². The molecule has 0 fully saturated rings. The quantitative estimate of drug-likeness (QED) is 0.180. The Balaban J connectivity index is 1.65. The van der Waals surface area contributed by atoms with E-state index in [9.17, 15) is 0 Å². The molecule has 0 saturated heterocycles. The molecule has 0 spiro atoms. The van der Waals surface area contributed by atoms with E-state index in [1.165, 1.54) is 21.5 Å². The summed E-state index contributed by atoms with van der Waals surface area (Å²) in [6.45, 7) is 7.85. The minimum absolute atomic E-state index is 0.0193. The Bertz CT molecular complexity index is 1030. The van der Waals surface area contributed by atoms with E-state index in [1.807, 2.05) is 12.2 Å². The lowest BCUT2D eigenvalue weighted by Crippen LogP contribution is -2.66. The van der Waals surface area contributed by atoms with Gasteiger partial charge in [-0.3, -0.25) is 0 Å². The summed E-state index contributed by atoms with van der Waals surface area (Å²) in [5, 5.41) is 11.6. The Hall–Kier alpha value is -2.72. The highest BCUT2D eigenvalue weighted by Crippen LogP contribution is 2.36. The van der Waals surface area contributed by atoms with E-state index < -0.39 is 8.32 Å². The van der Waals surface area contributed by atoms with Crippen molar-refractivity contribution in [1.29, 1.82) is 0 Å². The first-order valence-electron chi connectivity index (χ1n) is 12.8. The van der Waals surface area contributed by atoms with Crippen LogP contribution in [-0.4, -0.2) is 26.6 Å². The van der Waals surface area contributed by atoms with E-state index in [4.69, 9.17) is 9.53 Å². The zero-order chi connectivity index (χ0) is 25.0.